The van der Waals surface area contributed by atoms with Crippen molar-refractivity contribution in [1.82, 2.24) is 4.31 Å². The lowest BCUT2D eigenvalue weighted by Gasteiger charge is -2.21. The van der Waals surface area contributed by atoms with E-state index in [-0.39, 0.29) is 30.4 Å². The summed E-state index contributed by atoms with van der Waals surface area (Å²) in [5, 5.41) is 9.04. The maximum atomic E-state index is 12.7. The third-order valence-corrected chi connectivity index (χ3v) is 6.56. The van der Waals surface area contributed by atoms with Crippen molar-refractivity contribution in [3.63, 3.8) is 0 Å². The summed E-state index contributed by atoms with van der Waals surface area (Å²) in [6, 6.07) is 4.59. The lowest BCUT2D eigenvalue weighted by molar-refractivity contribution is 0.0696. The molecule has 0 bridgehead atoms. The Morgan fingerprint density at radius 1 is 1.30 bits per heavy atom. The van der Waals surface area contributed by atoms with E-state index in [0.29, 0.717) is 17.9 Å². The minimum Gasteiger partial charge on any atom is -0.492 e. The number of aromatic carboxylic acids is 1. The Morgan fingerprint density at radius 2 is 2.04 bits per heavy atom. The number of benzene rings is 1. The van der Waals surface area contributed by atoms with E-state index < -0.39 is 16.0 Å². The molecule has 0 radical (unpaired) electrons. The van der Waals surface area contributed by atoms with Gasteiger partial charge in [-0.15, -0.1) is 0 Å². The molecule has 1 fully saturated rings. The lowest BCUT2D eigenvalue weighted by atomic mass is 10.1. The van der Waals surface area contributed by atoms with Crippen LogP contribution in [0.4, 0.5) is 0 Å². The molecule has 6 nitrogen and oxygen atoms in total. The molecule has 3 rings (SSSR count). The Kier molecular flexibility index (Phi) is 4.59. The predicted octanol–water partition coefficient (Wildman–Crippen LogP) is 2.10. The standard InChI is InChI=1S/C16H21NO5S/c18-16(19)13-5-6-14-10-17(7-8-22-15(14)9-13)23(20,21)11-12-3-1-2-4-12/h5-6,9,12H,1-4,7-8,10-11H2,(H,18,19). The molecule has 1 aromatic carbocycles. The summed E-state index contributed by atoms with van der Waals surface area (Å²) in [7, 11) is -3.32. The number of ether oxygens (including phenoxy) is 1. The van der Waals surface area contributed by atoms with Crippen LogP contribution in [0.3, 0.4) is 0 Å². The maximum absolute atomic E-state index is 12.7. The predicted molar refractivity (Wildman–Crippen MR) is 85.1 cm³/mol. The van der Waals surface area contributed by atoms with Crippen LogP contribution in [0.1, 0.15) is 41.6 Å². The molecule has 0 atom stereocenters. The SMILES string of the molecule is O=C(O)c1ccc2c(c1)OCCN(S(=O)(=O)CC1CCCC1)C2. The Hall–Kier alpha value is -1.60. The Labute approximate surface area is 136 Å². The van der Waals surface area contributed by atoms with Crippen molar-refractivity contribution in [1.29, 1.82) is 0 Å². The first-order valence-corrected chi connectivity index (χ1v) is 9.53. The average Bonchev–Trinajstić information content (AvgIpc) is 2.89. The van der Waals surface area contributed by atoms with Gasteiger partial charge in [0.15, 0.2) is 0 Å². The van der Waals surface area contributed by atoms with Crippen LogP contribution in [-0.2, 0) is 16.6 Å². The highest BCUT2D eigenvalue weighted by Crippen LogP contribution is 2.29. The van der Waals surface area contributed by atoms with Crippen LogP contribution in [0.15, 0.2) is 18.2 Å². The second kappa shape index (κ2) is 6.49. The molecule has 1 aliphatic heterocycles. The van der Waals surface area contributed by atoms with Crippen LogP contribution in [0.2, 0.25) is 0 Å². The van der Waals surface area contributed by atoms with Gasteiger partial charge in [-0.25, -0.2) is 13.2 Å². The molecule has 0 spiro atoms. The normalized spacial score (nSPS) is 19.8. The van der Waals surface area contributed by atoms with Gasteiger partial charge in [0.2, 0.25) is 10.0 Å². The van der Waals surface area contributed by atoms with Crippen molar-refractivity contribution in [2.45, 2.75) is 32.2 Å². The van der Waals surface area contributed by atoms with Crippen LogP contribution < -0.4 is 4.74 Å². The van der Waals surface area contributed by atoms with E-state index in [4.69, 9.17) is 9.84 Å². The Morgan fingerprint density at radius 3 is 2.74 bits per heavy atom. The average molecular weight is 339 g/mol. The fraction of sp³-hybridized carbons (Fsp3) is 0.562. The molecule has 0 amide bonds. The third-order valence-electron chi connectivity index (χ3n) is 4.57. The molecule has 7 heteroatoms. The van der Waals surface area contributed by atoms with Gasteiger partial charge in [-0.05, 0) is 30.9 Å². The molecule has 2 aliphatic rings. The van der Waals surface area contributed by atoms with Crippen LogP contribution >= 0.6 is 0 Å². The van der Waals surface area contributed by atoms with E-state index in [1.54, 1.807) is 6.07 Å². The maximum Gasteiger partial charge on any atom is 0.335 e. The van der Waals surface area contributed by atoms with Crippen LogP contribution in [-0.4, -0.2) is 42.7 Å². The smallest absolute Gasteiger partial charge is 0.335 e. The highest BCUT2D eigenvalue weighted by molar-refractivity contribution is 7.89. The number of hydrogen-bond donors (Lipinski definition) is 1. The van der Waals surface area contributed by atoms with Crippen molar-refractivity contribution >= 4 is 16.0 Å². The first kappa shape index (κ1) is 16.3. The summed E-state index contributed by atoms with van der Waals surface area (Å²) >= 11 is 0. The molecule has 1 aromatic rings. The number of nitrogens with zero attached hydrogens (tertiary/aromatic N) is 1. The van der Waals surface area contributed by atoms with Crippen molar-refractivity contribution in [3.05, 3.63) is 29.3 Å². The highest BCUT2D eigenvalue weighted by Gasteiger charge is 2.30. The Balaban J connectivity index is 1.78. The minimum atomic E-state index is -3.32. The molecule has 0 aromatic heterocycles. The van der Waals surface area contributed by atoms with Gasteiger partial charge in [0, 0.05) is 18.7 Å². The second-order valence-electron chi connectivity index (χ2n) is 6.24. The van der Waals surface area contributed by atoms with E-state index in [1.165, 1.54) is 16.4 Å². The summed E-state index contributed by atoms with van der Waals surface area (Å²) in [5.41, 5.74) is 0.855. The molecule has 0 saturated heterocycles. The van der Waals surface area contributed by atoms with Gasteiger partial charge in [-0.2, -0.15) is 4.31 Å². The number of carbonyl (C=O) groups is 1. The van der Waals surface area contributed by atoms with Crippen LogP contribution in [0, 0.1) is 5.92 Å². The van der Waals surface area contributed by atoms with E-state index >= 15 is 0 Å². The van der Waals surface area contributed by atoms with Crippen molar-refractivity contribution in [2.75, 3.05) is 18.9 Å². The largest absolute Gasteiger partial charge is 0.492 e. The molecule has 0 unspecified atom stereocenters. The minimum absolute atomic E-state index is 0.144. The second-order valence-corrected chi connectivity index (χ2v) is 8.25. The number of carboxylic acid groups (broad SMARTS) is 1. The highest BCUT2D eigenvalue weighted by atomic mass is 32.2. The summed E-state index contributed by atoms with van der Waals surface area (Å²) in [6.45, 7) is 0.774. The van der Waals surface area contributed by atoms with Crippen molar-refractivity contribution in [2.24, 2.45) is 5.92 Å². The van der Waals surface area contributed by atoms with Gasteiger partial charge in [0.05, 0.1) is 11.3 Å². The van der Waals surface area contributed by atoms with Gasteiger partial charge in [0.1, 0.15) is 12.4 Å². The summed E-state index contributed by atoms with van der Waals surface area (Å²) in [4.78, 5) is 11.0. The van der Waals surface area contributed by atoms with E-state index in [0.717, 1.165) is 25.7 Å². The molecule has 1 heterocycles. The zero-order valence-corrected chi connectivity index (χ0v) is 13.7. The number of sulfonamides is 1. The van der Waals surface area contributed by atoms with Crippen LogP contribution in [0.25, 0.3) is 0 Å². The monoisotopic (exact) mass is 339 g/mol. The number of hydrogen-bond acceptors (Lipinski definition) is 4. The molecular weight excluding hydrogens is 318 g/mol. The van der Waals surface area contributed by atoms with Gasteiger partial charge < -0.3 is 9.84 Å². The molecule has 1 saturated carbocycles. The topological polar surface area (TPSA) is 83.9 Å². The van der Waals surface area contributed by atoms with Gasteiger partial charge in [-0.1, -0.05) is 18.9 Å². The van der Waals surface area contributed by atoms with Gasteiger partial charge in [0.25, 0.3) is 0 Å². The molecule has 23 heavy (non-hydrogen) atoms. The Bertz CT molecular complexity index is 694. The zero-order chi connectivity index (χ0) is 16.4. The zero-order valence-electron chi connectivity index (χ0n) is 12.9. The molecule has 1 aliphatic carbocycles. The number of fused-ring (bicyclic) bond motifs is 1. The molecule has 126 valence electrons. The van der Waals surface area contributed by atoms with Crippen molar-refractivity contribution in [3.8, 4) is 5.75 Å². The third kappa shape index (κ3) is 3.67. The first-order valence-electron chi connectivity index (χ1n) is 7.92. The van der Waals surface area contributed by atoms with E-state index in [2.05, 4.69) is 0 Å². The van der Waals surface area contributed by atoms with Crippen molar-refractivity contribution < 1.29 is 23.1 Å². The number of rotatable bonds is 4. The summed E-state index contributed by atoms with van der Waals surface area (Å²) in [6.07, 6.45) is 4.21. The lowest BCUT2D eigenvalue weighted by Crippen LogP contribution is -2.36. The van der Waals surface area contributed by atoms with E-state index in [1.807, 2.05) is 0 Å². The summed E-state index contributed by atoms with van der Waals surface area (Å²) < 4.78 is 32.3. The fourth-order valence-corrected chi connectivity index (χ4v) is 5.13. The number of carboxylic acids is 1. The quantitative estimate of drug-likeness (QED) is 0.908. The van der Waals surface area contributed by atoms with Crippen LogP contribution in [0.5, 0.6) is 5.75 Å². The summed E-state index contributed by atoms with van der Waals surface area (Å²) in [5.74, 6) is -0.0944. The van der Waals surface area contributed by atoms with E-state index in [9.17, 15) is 13.2 Å². The molecular formula is C16H21NO5S. The first-order chi connectivity index (χ1) is 11.0. The van der Waals surface area contributed by atoms with Gasteiger partial charge >= 0.3 is 5.97 Å². The van der Waals surface area contributed by atoms with Gasteiger partial charge in [-0.3, -0.25) is 0 Å². The molecule has 1 N–H and O–H groups in total. The fourth-order valence-electron chi connectivity index (χ4n) is 3.30.